The van der Waals surface area contributed by atoms with Gasteiger partial charge in [-0.2, -0.15) is 0 Å². The smallest absolute Gasteiger partial charge is 0.358 e. The lowest BCUT2D eigenvalue weighted by molar-refractivity contribution is 0.0685. The van der Waals surface area contributed by atoms with E-state index in [0.29, 0.717) is 5.82 Å². The Morgan fingerprint density at radius 1 is 1.57 bits per heavy atom. The van der Waals surface area contributed by atoms with Crippen molar-refractivity contribution in [1.82, 2.24) is 9.97 Å². The van der Waals surface area contributed by atoms with Gasteiger partial charge in [-0.05, 0) is 0 Å². The predicted octanol–water partition coefficient (Wildman–Crippen LogP) is 1.31. The summed E-state index contributed by atoms with van der Waals surface area (Å²) < 4.78 is 4.84. The van der Waals surface area contributed by atoms with Crippen molar-refractivity contribution < 1.29 is 14.6 Å². The summed E-state index contributed by atoms with van der Waals surface area (Å²) in [4.78, 5) is 18.7. The fourth-order valence-electron chi connectivity index (χ4n) is 0.965. The lowest BCUT2D eigenvalue weighted by Gasteiger charge is -2.07. The Morgan fingerprint density at radius 3 is 2.64 bits per heavy atom. The van der Waals surface area contributed by atoms with Gasteiger partial charge in [-0.3, -0.25) is 0 Å². The summed E-state index contributed by atoms with van der Waals surface area (Å²) >= 11 is 0. The van der Waals surface area contributed by atoms with Crippen LogP contribution in [0, 0.1) is 0 Å². The van der Waals surface area contributed by atoms with Gasteiger partial charge in [0.25, 0.3) is 0 Å². The van der Waals surface area contributed by atoms with Crippen LogP contribution in [0.3, 0.4) is 0 Å². The van der Waals surface area contributed by atoms with Crippen molar-refractivity contribution in [3.8, 4) is 5.75 Å². The van der Waals surface area contributed by atoms with Crippen LogP contribution in [0.1, 0.15) is 36.1 Å². The van der Waals surface area contributed by atoms with E-state index >= 15 is 0 Å². The Labute approximate surface area is 81.8 Å². The van der Waals surface area contributed by atoms with Crippen LogP contribution in [0.4, 0.5) is 0 Å². The SMILES string of the molecule is COc1cnc(C(C)C)nc1C(=O)O. The molecule has 1 heterocycles. The third-order valence-corrected chi connectivity index (χ3v) is 1.71. The van der Waals surface area contributed by atoms with Gasteiger partial charge in [0.2, 0.25) is 0 Å². The van der Waals surface area contributed by atoms with Gasteiger partial charge in [0.1, 0.15) is 5.82 Å². The number of rotatable bonds is 3. The number of nitrogens with zero attached hydrogens (tertiary/aromatic N) is 2. The molecule has 0 saturated carbocycles. The molecule has 0 fully saturated rings. The lowest BCUT2D eigenvalue weighted by Crippen LogP contribution is -2.08. The second-order valence-corrected chi connectivity index (χ2v) is 3.11. The van der Waals surface area contributed by atoms with E-state index < -0.39 is 5.97 Å². The van der Waals surface area contributed by atoms with Crippen molar-refractivity contribution in [3.05, 3.63) is 17.7 Å². The zero-order valence-corrected chi connectivity index (χ0v) is 8.31. The van der Waals surface area contributed by atoms with E-state index in [2.05, 4.69) is 9.97 Å². The average Bonchev–Trinajstić information content (AvgIpc) is 2.16. The molecule has 1 rings (SSSR count). The van der Waals surface area contributed by atoms with Crippen molar-refractivity contribution in [1.29, 1.82) is 0 Å². The number of hydrogen-bond acceptors (Lipinski definition) is 4. The van der Waals surface area contributed by atoms with Crippen molar-refractivity contribution in [3.63, 3.8) is 0 Å². The minimum absolute atomic E-state index is 0.0915. The second-order valence-electron chi connectivity index (χ2n) is 3.11. The Balaban J connectivity index is 3.21. The third kappa shape index (κ3) is 1.99. The zero-order valence-electron chi connectivity index (χ0n) is 8.31. The summed E-state index contributed by atoms with van der Waals surface area (Å²) in [7, 11) is 1.39. The summed E-state index contributed by atoms with van der Waals surface area (Å²) in [5.41, 5.74) is -0.0915. The number of methoxy groups -OCH3 is 1. The molecule has 5 nitrogen and oxygen atoms in total. The maximum absolute atomic E-state index is 10.8. The highest BCUT2D eigenvalue weighted by atomic mass is 16.5. The fraction of sp³-hybridized carbons (Fsp3) is 0.444. The molecular formula is C9H12N2O3. The number of hydrogen-bond donors (Lipinski definition) is 1. The van der Waals surface area contributed by atoms with Gasteiger partial charge < -0.3 is 9.84 Å². The maximum Gasteiger partial charge on any atom is 0.358 e. The Morgan fingerprint density at radius 2 is 2.21 bits per heavy atom. The summed E-state index contributed by atoms with van der Waals surface area (Å²) in [6.45, 7) is 3.79. The van der Waals surface area contributed by atoms with Crippen molar-refractivity contribution in [2.75, 3.05) is 7.11 Å². The standard InChI is InChI=1S/C9H12N2O3/c1-5(2)8-10-4-6(14-3)7(11-8)9(12)13/h4-5H,1-3H3,(H,12,13). The van der Waals surface area contributed by atoms with Gasteiger partial charge >= 0.3 is 5.97 Å². The first-order valence-electron chi connectivity index (χ1n) is 4.20. The number of aromatic nitrogens is 2. The third-order valence-electron chi connectivity index (χ3n) is 1.71. The van der Waals surface area contributed by atoms with Crippen LogP contribution in [0.25, 0.3) is 0 Å². The van der Waals surface area contributed by atoms with Crippen LogP contribution in [-0.2, 0) is 0 Å². The van der Waals surface area contributed by atoms with Crippen molar-refractivity contribution >= 4 is 5.97 Å². The zero-order chi connectivity index (χ0) is 10.7. The molecule has 0 aromatic carbocycles. The second kappa shape index (κ2) is 4.04. The number of carbonyl (C=O) groups is 1. The molecule has 14 heavy (non-hydrogen) atoms. The van der Waals surface area contributed by atoms with Crippen LogP contribution >= 0.6 is 0 Å². The van der Waals surface area contributed by atoms with E-state index in [0.717, 1.165) is 0 Å². The molecule has 76 valence electrons. The Hall–Kier alpha value is -1.65. The minimum Gasteiger partial charge on any atom is -0.493 e. The molecule has 0 aliphatic carbocycles. The molecule has 1 N–H and O–H groups in total. The van der Waals surface area contributed by atoms with Crippen LogP contribution in [0.2, 0.25) is 0 Å². The summed E-state index contributed by atoms with van der Waals surface area (Å²) in [6, 6.07) is 0. The maximum atomic E-state index is 10.8. The van der Waals surface area contributed by atoms with Crippen molar-refractivity contribution in [2.45, 2.75) is 19.8 Å². The average molecular weight is 196 g/mol. The van der Waals surface area contributed by atoms with Crippen LogP contribution in [0.5, 0.6) is 5.75 Å². The number of carboxylic acid groups (broad SMARTS) is 1. The molecular weight excluding hydrogens is 184 g/mol. The molecule has 1 aromatic heterocycles. The molecule has 0 aliphatic rings. The summed E-state index contributed by atoms with van der Waals surface area (Å²) in [6.07, 6.45) is 1.38. The van der Waals surface area contributed by atoms with Gasteiger partial charge in [-0.15, -0.1) is 0 Å². The molecule has 0 radical (unpaired) electrons. The summed E-state index contributed by atoms with van der Waals surface area (Å²) in [5, 5.41) is 8.83. The molecule has 1 aromatic rings. The molecule has 0 atom stereocenters. The topological polar surface area (TPSA) is 72.3 Å². The fourth-order valence-corrected chi connectivity index (χ4v) is 0.965. The molecule has 0 bridgehead atoms. The van der Waals surface area contributed by atoms with E-state index in [1.807, 2.05) is 13.8 Å². The minimum atomic E-state index is -1.11. The van der Waals surface area contributed by atoms with Crippen LogP contribution in [-0.4, -0.2) is 28.2 Å². The van der Waals surface area contributed by atoms with Gasteiger partial charge in [0, 0.05) is 5.92 Å². The first-order valence-corrected chi connectivity index (χ1v) is 4.20. The first-order chi connectivity index (χ1) is 6.56. The molecule has 0 spiro atoms. The van der Waals surface area contributed by atoms with E-state index in [1.165, 1.54) is 13.3 Å². The number of aromatic carboxylic acids is 1. The van der Waals surface area contributed by atoms with Crippen LogP contribution in [0.15, 0.2) is 6.20 Å². The van der Waals surface area contributed by atoms with Crippen molar-refractivity contribution in [2.24, 2.45) is 0 Å². The van der Waals surface area contributed by atoms with E-state index in [9.17, 15) is 4.79 Å². The highest BCUT2D eigenvalue weighted by Gasteiger charge is 2.15. The largest absolute Gasteiger partial charge is 0.493 e. The predicted molar refractivity (Wildman–Crippen MR) is 49.6 cm³/mol. The molecule has 0 aliphatic heterocycles. The quantitative estimate of drug-likeness (QED) is 0.788. The lowest BCUT2D eigenvalue weighted by atomic mass is 10.2. The molecule has 0 unspecified atom stereocenters. The first kappa shape index (κ1) is 10.4. The van der Waals surface area contributed by atoms with E-state index in [1.54, 1.807) is 0 Å². The monoisotopic (exact) mass is 196 g/mol. The van der Waals surface area contributed by atoms with E-state index in [-0.39, 0.29) is 17.4 Å². The molecule has 0 saturated heterocycles. The van der Waals surface area contributed by atoms with Gasteiger partial charge in [0.05, 0.1) is 13.3 Å². The summed E-state index contributed by atoms with van der Waals surface area (Å²) in [5.74, 6) is -0.324. The van der Waals surface area contributed by atoms with E-state index in [4.69, 9.17) is 9.84 Å². The van der Waals surface area contributed by atoms with Gasteiger partial charge in [-0.1, -0.05) is 13.8 Å². The number of carboxylic acids is 1. The number of ether oxygens (including phenoxy) is 1. The van der Waals surface area contributed by atoms with Gasteiger partial charge in [0.15, 0.2) is 11.4 Å². The van der Waals surface area contributed by atoms with Gasteiger partial charge in [-0.25, -0.2) is 14.8 Å². The Kier molecular flexibility index (Phi) is 3.01. The molecule has 5 heteroatoms. The molecule has 0 amide bonds. The Bertz CT molecular complexity index is 350. The highest BCUT2D eigenvalue weighted by Crippen LogP contribution is 2.17. The highest BCUT2D eigenvalue weighted by molar-refractivity contribution is 5.88. The normalized spacial score (nSPS) is 10.3. The van der Waals surface area contributed by atoms with Crippen LogP contribution < -0.4 is 4.74 Å².